The van der Waals surface area contributed by atoms with E-state index in [2.05, 4.69) is 17.1 Å². The second kappa shape index (κ2) is 4.75. The van der Waals surface area contributed by atoms with Gasteiger partial charge >= 0.3 is 0 Å². The van der Waals surface area contributed by atoms with Crippen LogP contribution in [0.5, 0.6) is 0 Å². The second-order valence-electron chi connectivity index (χ2n) is 4.49. The zero-order valence-electron chi connectivity index (χ0n) is 10.1. The van der Waals surface area contributed by atoms with Crippen molar-refractivity contribution >= 4 is 11.6 Å². The number of hydrogen-bond donors (Lipinski definition) is 2. The molecule has 1 fully saturated rings. The number of H-pyrrole nitrogens is 1. The Morgan fingerprint density at radius 1 is 1.71 bits per heavy atom. The summed E-state index contributed by atoms with van der Waals surface area (Å²) in [5, 5.41) is 6.40. The number of amides is 1. The van der Waals surface area contributed by atoms with Gasteiger partial charge in [0, 0.05) is 20.2 Å². The molecule has 1 saturated heterocycles. The Morgan fingerprint density at radius 3 is 3.06 bits per heavy atom. The molecule has 1 aliphatic heterocycles. The van der Waals surface area contributed by atoms with Crippen LogP contribution < -0.4 is 5.73 Å². The third-order valence-corrected chi connectivity index (χ3v) is 3.36. The highest BCUT2D eigenvalue weighted by atomic mass is 16.5. The normalized spacial score (nSPS) is 24.9. The van der Waals surface area contributed by atoms with E-state index in [-0.39, 0.29) is 12.0 Å². The molecule has 0 aliphatic carbocycles. The summed E-state index contributed by atoms with van der Waals surface area (Å²) >= 11 is 0. The summed E-state index contributed by atoms with van der Waals surface area (Å²) in [5.41, 5.74) is 6.43. The fourth-order valence-electron chi connectivity index (χ4n) is 2.15. The zero-order chi connectivity index (χ0) is 12.4. The van der Waals surface area contributed by atoms with E-state index in [0.29, 0.717) is 23.8 Å². The van der Waals surface area contributed by atoms with E-state index in [9.17, 15) is 4.79 Å². The Kier molecular flexibility index (Phi) is 3.33. The van der Waals surface area contributed by atoms with E-state index in [0.717, 1.165) is 13.0 Å². The lowest BCUT2D eigenvalue weighted by Gasteiger charge is -2.36. The van der Waals surface area contributed by atoms with Gasteiger partial charge in [-0.2, -0.15) is 5.10 Å². The number of likely N-dealkylation sites (tertiary alicyclic amines) is 1. The zero-order valence-corrected chi connectivity index (χ0v) is 10.1. The number of rotatable bonds is 2. The van der Waals surface area contributed by atoms with Gasteiger partial charge in [-0.3, -0.25) is 9.89 Å². The topological polar surface area (TPSA) is 84.2 Å². The highest BCUT2D eigenvalue weighted by Crippen LogP contribution is 2.21. The molecular weight excluding hydrogens is 220 g/mol. The molecule has 6 heteroatoms. The molecule has 2 rings (SSSR count). The van der Waals surface area contributed by atoms with Gasteiger partial charge < -0.3 is 15.4 Å². The maximum absolute atomic E-state index is 12.2. The minimum absolute atomic E-state index is 0.0943. The molecule has 1 aromatic heterocycles. The van der Waals surface area contributed by atoms with E-state index >= 15 is 0 Å². The maximum Gasteiger partial charge on any atom is 0.274 e. The number of anilines is 1. The predicted octanol–water partition coefficient (Wildman–Crippen LogP) is 0.489. The van der Waals surface area contributed by atoms with E-state index < -0.39 is 0 Å². The van der Waals surface area contributed by atoms with Gasteiger partial charge in [0.25, 0.3) is 5.91 Å². The number of ether oxygens (including phenoxy) is 1. The monoisotopic (exact) mass is 238 g/mol. The van der Waals surface area contributed by atoms with Crippen LogP contribution >= 0.6 is 0 Å². The Bertz CT molecular complexity index is 404. The number of carbonyl (C=O) groups is 1. The number of aromatic nitrogens is 2. The summed E-state index contributed by atoms with van der Waals surface area (Å²) in [4.78, 5) is 13.9. The number of hydrogen-bond acceptors (Lipinski definition) is 4. The van der Waals surface area contributed by atoms with Crippen LogP contribution in [0, 0.1) is 5.92 Å². The molecule has 94 valence electrons. The first-order valence-electron chi connectivity index (χ1n) is 5.74. The summed E-state index contributed by atoms with van der Waals surface area (Å²) in [6.07, 6.45) is 2.49. The molecule has 17 heavy (non-hydrogen) atoms. The van der Waals surface area contributed by atoms with Crippen molar-refractivity contribution in [2.75, 3.05) is 25.9 Å². The molecule has 3 N–H and O–H groups in total. The van der Waals surface area contributed by atoms with Gasteiger partial charge in [0.2, 0.25) is 0 Å². The van der Waals surface area contributed by atoms with Gasteiger partial charge in [-0.1, -0.05) is 6.92 Å². The standard InChI is InChI=1S/C11H18N4O2/c1-7-3-4-15(6-9(7)17-2)11(16)10-8(12)5-13-14-10/h5,7,9H,3-4,6,12H2,1-2H3,(H,13,14). The molecule has 1 aliphatic rings. The van der Waals surface area contributed by atoms with Crippen LogP contribution in [0.1, 0.15) is 23.8 Å². The van der Waals surface area contributed by atoms with Crippen molar-refractivity contribution < 1.29 is 9.53 Å². The van der Waals surface area contributed by atoms with Crippen LogP contribution in [-0.4, -0.2) is 47.3 Å². The largest absolute Gasteiger partial charge is 0.396 e. The number of piperidine rings is 1. The molecule has 6 nitrogen and oxygen atoms in total. The quantitative estimate of drug-likeness (QED) is 0.785. The first-order chi connectivity index (χ1) is 8.13. The number of nitrogens with one attached hydrogen (secondary N) is 1. The van der Waals surface area contributed by atoms with Crippen molar-refractivity contribution in [2.45, 2.75) is 19.4 Å². The van der Waals surface area contributed by atoms with Gasteiger partial charge in [0.15, 0.2) is 0 Å². The van der Waals surface area contributed by atoms with E-state index in [1.165, 1.54) is 6.20 Å². The summed E-state index contributed by atoms with van der Waals surface area (Å²) < 4.78 is 5.38. The fourth-order valence-corrected chi connectivity index (χ4v) is 2.15. The van der Waals surface area contributed by atoms with Crippen LogP contribution in [0.15, 0.2) is 6.20 Å². The van der Waals surface area contributed by atoms with Crippen LogP contribution in [0.3, 0.4) is 0 Å². The molecule has 1 amide bonds. The van der Waals surface area contributed by atoms with Crippen molar-refractivity contribution in [3.05, 3.63) is 11.9 Å². The fraction of sp³-hybridized carbons (Fsp3) is 0.636. The molecule has 1 aromatic rings. The minimum Gasteiger partial charge on any atom is -0.396 e. The molecule has 0 spiro atoms. The van der Waals surface area contributed by atoms with Gasteiger partial charge in [0.1, 0.15) is 5.69 Å². The van der Waals surface area contributed by atoms with E-state index in [1.807, 2.05) is 0 Å². The molecule has 0 radical (unpaired) electrons. The lowest BCUT2D eigenvalue weighted by atomic mass is 9.95. The lowest BCUT2D eigenvalue weighted by molar-refractivity contribution is -0.00173. The highest BCUT2D eigenvalue weighted by molar-refractivity contribution is 5.97. The first kappa shape index (κ1) is 11.9. The average Bonchev–Trinajstić information content (AvgIpc) is 2.75. The maximum atomic E-state index is 12.2. The Balaban J connectivity index is 2.09. The minimum atomic E-state index is -0.103. The second-order valence-corrected chi connectivity index (χ2v) is 4.49. The number of nitrogens with two attached hydrogens (primary N) is 1. The van der Waals surface area contributed by atoms with Crippen LogP contribution in [0.25, 0.3) is 0 Å². The van der Waals surface area contributed by atoms with Crippen LogP contribution in [0.2, 0.25) is 0 Å². The van der Waals surface area contributed by atoms with Crippen molar-refractivity contribution in [3.63, 3.8) is 0 Å². The van der Waals surface area contributed by atoms with Gasteiger partial charge in [-0.25, -0.2) is 0 Å². The number of aromatic amines is 1. The first-order valence-corrected chi connectivity index (χ1v) is 5.74. The summed E-state index contributed by atoms with van der Waals surface area (Å²) in [6.45, 7) is 3.48. The van der Waals surface area contributed by atoms with Gasteiger partial charge in [-0.15, -0.1) is 0 Å². The molecule has 0 saturated carbocycles. The van der Waals surface area contributed by atoms with Gasteiger partial charge in [-0.05, 0) is 12.3 Å². The average molecular weight is 238 g/mol. The van der Waals surface area contributed by atoms with Crippen molar-refractivity contribution in [3.8, 4) is 0 Å². The van der Waals surface area contributed by atoms with Crippen molar-refractivity contribution in [1.29, 1.82) is 0 Å². The third-order valence-electron chi connectivity index (χ3n) is 3.36. The number of carbonyl (C=O) groups excluding carboxylic acids is 1. The van der Waals surface area contributed by atoms with E-state index in [1.54, 1.807) is 12.0 Å². The highest BCUT2D eigenvalue weighted by Gasteiger charge is 2.30. The van der Waals surface area contributed by atoms with Crippen LogP contribution in [0.4, 0.5) is 5.69 Å². The smallest absolute Gasteiger partial charge is 0.274 e. The van der Waals surface area contributed by atoms with Crippen molar-refractivity contribution in [2.24, 2.45) is 5.92 Å². The molecular formula is C11H18N4O2. The predicted molar refractivity (Wildman–Crippen MR) is 63.5 cm³/mol. The van der Waals surface area contributed by atoms with Crippen molar-refractivity contribution in [1.82, 2.24) is 15.1 Å². The molecule has 2 unspecified atom stereocenters. The molecule has 2 heterocycles. The SMILES string of the molecule is COC1CN(C(=O)c2[nH]ncc2N)CCC1C. The van der Waals surface area contributed by atoms with Crippen LogP contribution in [-0.2, 0) is 4.74 Å². The Hall–Kier alpha value is -1.56. The molecule has 2 atom stereocenters. The summed E-state index contributed by atoms with van der Waals surface area (Å²) in [7, 11) is 1.68. The van der Waals surface area contributed by atoms with Gasteiger partial charge in [0.05, 0.1) is 18.0 Å². The molecule has 0 bridgehead atoms. The number of nitrogen functional groups attached to an aromatic ring is 1. The Morgan fingerprint density at radius 2 is 2.47 bits per heavy atom. The summed E-state index contributed by atoms with van der Waals surface area (Å²) in [6, 6.07) is 0. The number of nitrogens with zero attached hydrogens (tertiary/aromatic N) is 2. The molecule has 0 aromatic carbocycles. The third kappa shape index (κ3) is 2.26. The number of methoxy groups -OCH3 is 1. The lowest BCUT2D eigenvalue weighted by Crippen LogP contribution is -2.46. The van der Waals surface area contributed by atoms with E-state index in [4.69, 9.17) is 10.5 Å². The summed E-state index contributed by atoms with van der Waals surface area (Å²) in [5.74, 6) is 0.372. The Labute approximate surface area is 100 Å².